The van der Waals surface area contributed by atoms with Crippen molar-refractivity contribution in [2.24, 2.45) is 5.73 Å². The molecule has 1 heterocycles. The Morgan fingerprint density at radius 1 is 1.24 bits per heavy atom. The molecular weight excluding hydrogens is 417 g/mol. The molecule has 2 aromatic carbocycles. The molecule has 0 saturated carbocycles. The molecule has 0 saturated heterocycles. The van der Waals surface area contributed by atoms with Gasteiger partial charge in [-0.3, -0.25) is 0 Å². The number of rotatable bonds is 3. The molecule has 0 fully saturated rings. The highest BCUT2D eigenvalue weighted by Gasteiger charge is 2.20. The third-order valence-corrected chi connectivity index (χ3v) is 5.04. The minimum Gasteiger partial charge on any atom is -0.493 e. The summed E-state index contributed by atoms with van der Waals surface area (Å²) in [6.07, 6.45) is 1.67. The Balaban J connectivity index is 1.92. The van der Waals surface area contributed by atoms with Gasteiger partial charge in [0.25, 0.3) is 0 Å². The lowest BCUT2D eigenvalue weighted by Gasteiger charge is -2.16. The van der Waals surface area contributed by atoms with Gasteiger partial charge in [0.1, 0.15) is 5.75 Å². The van der Waals surface area contributed by atoms with Crippen molar-refractivity contribution < 1.29 is 4.74 Å². The first kappa shape index (κ1) is 15.3. The van der Waals surface area contributed by atoms with E-state index in [1.165, 1.54) is 5.56 Å². The summed E-state index contributed by atoms with van der Waals surface area (Å²) < 4.78 is 7.81. The third kappa shape index (κ3) is 3.29. The van der Waals surface area contributed by atoms with Crippen LogP contribution in [0.4, 0.5) is 0 Å². The van der Waals surface area contributed by atoms with Crippen LogP contribution in [0.2, 0.25) is 5.02 Å². The third-order valence-electron chi connectivity index (χ3n) is 3.62. The molecule has 0 amide bonds. The van der Waals surface area contributed by atoms with Gasteiger partial charge in [-0.05, 0) is 53.4 Å². The standard InChI is InChI=1S/C16H14Br2ClNO/c17-11-5-9-3-4-21-16(9)10(6-11)7-15(20)13-8-12(19)1-2-14(13)18/h1-2,5-6,8,15H,3-4,7,20H2. The highest BCUT2D eigenvalue weighted by Crippen LogP contribution is 2.36. The SMILES string of the molecule is NC(Cc1cc(Br)cc2c1OCC2)c1cc(Cl)ccc1Br. The van der Waals surface area contributed by atoms with E-state index >= 15 is 0 Å². The molecule has 2 nitrogen and oxygen atoms in total. The van der Waals surface area contributed by atoms with Gasteiger partial charge in [-0.25, -0.2) is 0 Å². The lowest BCUT2D eigenvalue weighted by atomic mass is 9.97. The molecule has 1 unspecified atom stereocenters. The Labute approximate surface area is 145 Å². The second kappa shape index (κ2) is 6.29. The summed E-state index contributed by atoms with van der Waals surface area (Å²) in [5.74, 6) is 0.992. The minimum atomic E-state index is -0.138. The van der Waals surface area contributed by atoms with Gasteiger partial charge in [-0.2, -0.15) is 0 Å². The average molecular weight is 432 g/mol. The predicted octanol–water partition coefficient (Wildman–Crippen LogP) is 5.04. The maximum absolute atomic E-state index is 6.38. The van der Waals surface area contributed by atoms with Gasteiger partial charge >= 0.3 is 0 Å². The highest BCUT2D eigenvalue weighted by molar-refractivity contribution is 9.10. The van der Waals surface area contributed by atoms with Crippen LogP contribution in [0.15, 0.2) is 39.3 Å². The van der Waals surface area contributed by atoms with Crippen LogP contribution in [0, 0.1) is 0 Å². The minimum absolute atomic E-state index is 0.138. The van der Waals surface area contributed by atoms with Crippen molar-refractivity contribution in [2.75, 3.05) is 6.61 Å². The first-order valence-electron chi connectivity index (χ1n) is 6.69. The Bertz CT molecular complexity index is 690. The largest absolute Gasteiger partial charge is 0.493 e. The molecule has 0 aromatic heterocycles. The van der Waals surface area contributed by atoms with E-state index < -0.39 is 0 Å². The molecule has 1 aliphatic rings. The van der Waals surface area contributed by atoms with Crippen molar-refractivity contribution in [2.45, 2.75) is 18.9 Å². The summed E-state index contributed by atoms with van der Waals surface area (Å²) in [4.78, 5) is 0. The first-order valence-corrected chi connectivity index (χ1v) is 8.65. The van der Waals surface area contributed by atoms with Crippen LogP contribution >= 0.6 is 43.5 Å². The van der Waals surface area contributed by atoms with Gasteiger partial charge in [0.2, 0.25) is 0 Å². The van der Waals surface area contributed by atoms with E-state index in [4.69, 9.17) is 22.1 Å². The fourth-order valence-electron chi connectivity index (χ4n) is 2.64. The molecule has 21 heavy (non-hydrogen) atoms. The normalized spacial score (nSPS) is 14.7. The molecule has 0 aliphatic carbocycles. The lowest BCUT2D eigenvalue weighted by molar-refractivity contribution is 0.352. The van der Waals surface area contributed by atoms with Crippen LogP contribution in [0.3, 0.4) is 0 Å². The maximum atomic E-state index is 6.38. The highest BCUT2D eigenvalue weighted by atomic mass is 79.9. The molecule has 110 valence electrons. The summed E-state index contributed by atoms with van der Waals surface area (Å²) in [7, 11) is 0. The molecule has 1 aliphatic heterocycles. The van der Waals surface area contributed by atoms with Crippen LogP contribution in [0.1, 0.15) is 22.7 Å². The van der Waals surface area contributed by atoms with E-state index in [0.717, 1.165) is 38.8 Å². The second-order valence-electron chi connectivity index (χ2n) is 5.13. The summed E-state index contributed by atoms with van der Waals surface area (Å²) >= 11 is 13.2. The van der Waals surface area contributed by atoms with Gasteiger partial charge < -0.3 is 10.5 Å². The summed E-state index contributed by atoms with van der Waals surface area (Å²) in [6, 6.07) is 9.76. The van der Waals surface area contributed by atoms with Gasteiger partial charge in [0.05, 0.1) is 6.61 Å². The predicted molar refractivity (Wildman–Crippen MR) is 93.1 cm³/mol. The maximum Gasteiger partial charge on any atom is 0.125 e. The molecule has 0 bridgehead atoms. The molecule has 5 heteroatoms. The van der Waals surface area contributed by atoms with E-state index in [9.17, 15) is 0 Å². The van der Waals surface area contributed by atoms with E-state index in [-0.39, 0.29) is 6.04 Å². The number of nitrogens with two attached hydrogens (primary N) is 1. The Morgan fingerprint density at radius 3 is 2.86 bits per heavy atom. The van der Waals surface area contributed by atoms with Crippen LogP contribution < -0.4 is 10.5 Å². The van der Waals surface area contributed by atoms with Crippen molar-refractivity contribution in [3.8, 4) is 5.75 Å². The van der Waals surface area contributed by atoms with E-state index in [1.54, 1.807) is 0 Å². The van der Waals surface area contributed by atoms with Crippen LogP contribution in [0.5, 0.6) is 5.75 Å². The fraction of sp³-hybridized carbons (Fsp3) is 0.250. The Hall–Kier alpha value is -0.550. The topological polar surface area (TPSA) is 35.2 Å². The molecule has 0 spiro atoms. The zero-order valence-electron chi connectivity index (χ0n) is 11.2. The fourth-order valence-corrected chi connectivity index (χ4v) is 3.92. The number of ether oxygens (including phenoxy) is 1. The Kier molecular flexibility index (Phi) is 4.60. The zero-order chi connectivity index (χ0) is 15.0. The van der Waals surface area contributed by atoms with Crippen molar-refractivity contribution in [3.05, 3.63) is 61.0 Å². The molecule has 2 N–H and O–H groups in total. The van der Waals surface area contributed by atoms with Crippen LogP contribution in [0.25, 0.3) is 0 Å². The molecule has 3 rings (SSSR count). The average Bonchev–Trinajstić information content (AvgIpc) is 2.89. The lowest BCUT2D eigenvalue weighted by Crippen LogP contribution is -2.14. The summed E-state index contributed by atoms with van der Waals surface area (Å²) in [5.41, 5.74) is 9.77. The van der Waals surface area contributed by atoms with Crippen molar-refractivity contribution in [1.29, 1.82) is 0 Å². The monoisotopic (exact) mass is 429 g/mol. The van der Waals surface area contributed by atoms with Gasteiger partial charge in [-0.15, -0.1) is 0 Å². The van der Waals surface area contributed by atoms with Crippen LogP contribution in [-0.4, -0.2) is 6.61 Å². The first-order chi connectivity index (χ1) is 10.0. The summed E-state index contributed by atoms with van der Waals surface area (Å²) in [5, 5.41) is 0.694. The van der Waals surface area contributed by atoms with E-state index in [1.807, 2.05) is 18.2 Å². The number of halogens is 3. The molecule has 1 atom stereocenters. The van der Waals surface area contributed by atoms with Crippen molar-refractivity contribution >= 4 is 43.5 Å². The zero-order valence-corrected chi connectivity index (χ0v) is 15.1. The molecule has 0 radical (unpaired) electrons. The van der Waals surface area contributed by atoms with Gasteiger partial charge in [-0.1, -0.05) is 43.5 Å². The smallest absolute Gasteiger partial charge is 0.125 e. The van der Waals surface area contributed by atoms with E-state index in [2.05, 4.69) is 44.0 Å². The second-order valence-corrected chi connectivity index (χ2v) is 7.33. The van der Waals surface area contributed by atoms with Gasteiger partial charge in [0.15, 0.2) is 0 Å². The molecular formula is C16H14Br2ClNO. The van der Waals surface area contributed by atoms with Crippen molar-refractivity contribution in [1.82, 2.24) is 0 Å². The van der Waals surface area contributed by atoms with Crippen molar-refractivity contribution in [3.63, 3.8) is 0 Å². The quantitative estimate of drug-likeness (QED) is 0.739. The van der Waals surface area contributed by atoms with Crippen LogP contribution in [-0.2, 0) is 12.8 Å². The molecule has 2 aromatic rings. The van der Waals surface area contributed by atoms with Gasteiger partial charge in [0, 0.05) is 26.4 Å². The Morgan fingerprint density at radius 2 is 2.05 bits per heavy atom. The number of hydrogen-bond donors (Lipinski definition) is 1. The number of fused-ring (bicyclic) bond motifs is 1. The number of hydrogen-bond acceptors (Lipinski definition) is 2. The summed E-state index contributed by atoms with van der Waals surface area (Å²) in [6.45, 7) is 0.745. The number of benzene rings is 2. The van der Waals surface area contributed by atoms with E-state index in [0.29, 0.717) is 11.4 Å².